The molecule has 0 heterocycles. The second-order valence-corrected chi connectivity index (χ2v) is 6.88. The topological polar surface area (TPSA) is 20.2 Å². The van der Waals surface area contributed by atoms with Crippen LogP contribution >= 0.6 is 27.5 Å². The fourth-order valence-corrected chi connectivity index (χ4v) is 3.22. The van der Waals surface area contributed by atoms with Crippen molar-refractivity contribution in [3.8, 4) is 0 Å². The molecule has 1 nitrogen and oxygen atoms in total. The predicted molar refractivity (Wildman–Crippen MR) is 93.3 cm³/mol. The molecule has 1 N–H and O–H groups in total. The van der Waals surface area contributed by atoms with Crippen LogP contribution in [0.5, 0.6) is 0 Å². The van der Waals surface area contributed by atoms with Gasteiger partial charge in [-0.25, -0.2) is 0 Å². The number of aliphatic hydroxyl groups is 1. The summed E-state index contributed by atoms with van der Waals surface area (Å²) in [4.78, 5) is 0. The first-order valence-corrected chi connectivity index (χ1v) is 8.12. The van der Waals surface area contributed by atoms with Crippen molar-refractivity contribution in [1.82, 2.24) is 0 Å². The third-order valence-corrected chi connectivity index (χ3v) is 5.82. The van der Waals surface area contributed by atoms with E-state index in [1.807, 2.05) is 18.2 Å². The number of aliphatic hydroxyl groups excluding tert-OH is 1. The van der Waals surface area contributed by atoms with Crippen molar-refractivity contribution < 1.29 is 5.11 Å². The first-order chi connectivity index (χ1) is 9.75. The molecule has 0 aliphatic rings. The fraction of sp³-hybridized carbons (Fsp3) is 0.333. The van der Waals surface area contributed by atoms with Gasteiger partial charge >= 0.3 is 0 Å². The normalized spacial score (nSPS) is 12.6. The maximum atomic E-state index is 10.8. The van der Waals surface area contributed by atoms with Crippen LogP contribution in [0.15, 0.2) is 22.7 Å². The zero-order chi connectivity index (χ0) is 15.9. The van der Waals surface area contributed by atoms with Crippen LogP contribution in [0.25, 0.3) is 0 Å². The highest BCUT2D eigenvalue weighted by molar-refractivity contribution is 9.10. The maximum absolute atomic E-state index is 10.8. The molecule has 112 valence electrons. The second-order valence-electron chi connectivity index (χ2n) is 5.61. The monoisotopic (exact) mass is 366 g/mol. The van der Waals surface area contributed by atoms with Crippen LogP contribution in [0.3, 0.4) is 0 Å². The molecule has 3 heteroatoms. The van der Waals surface area contributed by atoms with E-state index in [0.717, 1.165) is 26.7 Å². The number of halogens is 2. The Balaban J connectivity index is 2.63. The van der Waals surface area contributed by atoms with E-state index >= 15 is 0 Å². The summed E-state index contributed by atoms with van der Waals surface area (Å²) < 4.78 is 0.838. The summed E-state index contributed by atoms with van der Waals surface area (Å²) in [6.07, 6.45) is -0.659. The Morgan fingerprint density at radius 3 is 1.86 bits per heavy atom. The van der Waals surface area contributed by atoms with Crippen molar-refractivity contribution in [3.05, 3.63) is 66.6 Å². The minimum atomic E-state index is -0.659. The molecule has 2 aromatic carbocycles. The van der Waals surface area contributed by atoms with Gasteiger partial charge in [0.05, 0.1) is 5.02 Å². The lowest BCUT2D eigenvalue weighted by molar-refractivity contribution is 0.218. The molecule has 1 unspecified atom stereocenters. The Labute approximate surface area is 140 Å². The standard InChI is InChI=1S/C18H20BrClO/c1-9-10(2)12(4)17(13(5)11(9)3)18(21)14-6-7-15(19)16(20)8-14/h6-8,18,21H,1-5H3. The molecule has 0 fully saturated rings. The summed E-state index contributed by atoms with van der Waals surface area (Å²) in [6, 6.07) is 5.60. The van der Waals surface area contributed by atoms with Crippen LogP contribution in [0.4, 0.5) is 0 Å². The van der Waals surface area contributed by atoms with Crippen molar-refractivity contribution in [1.29, 1.82) is 0 Å². The van der Waals surface area contributed by atoms with Crippen molar-refractivity contribution in [2.24, 2.45) is 0 Å². The molecular weight excluding hydrogens is 348 g/mol. The summed E-state index contributed by atoms with van der Waals surface area (Å²) in [5.74, 6) is 0. The molecule has 0 spiro atoms. The van der Waals surface area contributed by atoms with E-state index in [-0.39, 0.29) is 0 Å². The van der Waals surface area contributed by atoms with Crippen molar-refractivity contribution in [3.63, 3.8) is 0 Å². The van der Waals surface area contributed by atoms with E-state index in [2.05, 4.69) is 50.5 Å². The summed E-state index contributed by atoms with van der Waals surface area (Å²) in [7, 11) is 0. The zero-order valence-electron chi connectivity index (χ0n) is 13.0. The van der Waals surface area contributed by atoms with Crippen LogP contribution in [0, 0.1) is 34.6 Å². The van der Waals surface area contributed by atoms with Crippen LogP contribution in [0.1, 0.15) is 45.0 Å². The van der Waals surface area contributed by atoms with Gasteiger partial charge in [0.15, 0.2) is 0 Å². The summed E-state index contributed by atoms with van der Waals surface area (Å²) in [5.41, 5.74) is 7.91. The molecule has 2 rings (SSSR count). The van der Waals surface area contributed by atoms with Gasteiger partial charge in [-0.2, -0.15) is 0 Å². The van der Waals surface area contributed by atoms with Gasteiger partial charge in [-0.15, -0.1) is 0 Å². The first kappa shape index (κ1) is 16.5. The molecular formula is C18H20BrClO. The predicted octanol–water partition coefficient (Wildman–Crippen LogP) is 5.73. The van der Waals surface area contributed by atoms with E-state index < -0.39 is 6.10 Å². The smallest absolute Gasteiger partial charge is 0.105 e. The van der Waals surface area contributed by atoms with Gasteiger partial charge in [0.25, 0.3) is 0 Å². The minimum absolute atomic E-state index is 0.613. The Hall–Kier alpha value is -0.830. The Morgan fingerprint density at radius 1 is 0.905 bits per heavy atom. The van der Waals surface area contributed by atoms with E-state index in [9.17, 15) is 5.11 Å². The molecule has 21 heavy (non-hydrogen) atoms. The number of hydrogen-bond acceptors (Lipinski definition) is 1. The highest BCUT2D eigenvalue weighted by Crippen LogP contribution is 2.35. The third kappa shape index (κ3) is 2.90. The first-order valence-electron chi connectivity index (χ1n) is 6.95. The average molecular weight is 368 g/mol. The van der Waals surface area contributed by atoms with E-state index in [0.29, 0.717) is 5.02 Å². The SMILES string of the molecule is Cc1c(C)c(C)c(C(O)c2ccc(Br)c(Cl)c2)c(C)c1C. The number of hydrogen-bond donors (Lipinski definition) is 1. The van der Waals surface area contributed by atoms with Crippen LogP contribution in [0.2, 0.25) is 5.02 Å². The van der Waals surface area contributed by atoms with Gasteiger partial charge in [-0.1, -0.05) is 17.7 Å². The molecule has 0 amide bonds. The highest BCUT2D eigenvalue weighted by Gasteiger charge is 2.20. The van der Waals surface area contributed by atoms with E-state index in [1.165, 1.54) is 16.7 Å². The van der Waals surface area contributed by atoms with Crippen LogP contribution < -0.4 is 0 Å². The summed E-state index contributed by atoms with van der Waals surface area (Å²) in [5, 5.41) is 11.4. The summed E-state index contributed by atoms with van der Waals surface area (Å²) >= 11 is 9.54. The lowest BCUT2D eigenvalue weighted by atomic mass is 9.85. The van der Waals surface area contributed by atoms with Crippen LogP contribution in [-0.4, -0.2) is 5.11 Å². The lowest BCUT2D eigenvalue weighted by Crippen LogP contribution is -2.09. The molecule has 1 atom stereocenters. The number of benzene rings is 2. The molecule has 2 aromatic rings. The largest absolute Gasteiger partial charge is 0.384 e. The quantitative estimate of drug-likeness (QED) is 0.719. The van der Waals surface area contributed by atoms with Gasteiger partial charge in [-0.3, -0.25) is 0 Å². The number of rotatable bonds is 2. The molecule has 0 saturated heterocycles. The van der Waals surface area contributed by atoms with Crippen LogP contribution in [-0.2, 0) is 0 Å². The third-order valence-electron chi connectivity index (χ3n) is 4.59. The maximum Gasteiger partial charge on any atom is 0.105 e. The second kappa shape index (κ2) is 6.12. The molecule has 0 radical (unpaired) electrons. The highest BCUT2D eigenvalue weighted by atomic mass is 79.9. The molecule has 0 aromatic heterocycles. The zero-order valence-corrected chi connectivity index (χ0v) is 15.4. The summed E-state index contributed by atoms with van der Waals surface area (Å²) in [6.45, 7) is 10.5. The Kier molecular flexibility index (Phi) is 4.82. The Morgan fingerprint density at radius 2 is 1.38 bits per heavy atom. The van der Waals surface area contributed by atoms with Gasteiger partial charge < -0.3 is 5.11 Å². The molecule has 0 saturated carbocycles. The molecule has 0 aliphatic carbocycles. The molecule has 0 bridgehead atoms. The van der Waals surface area contributed by atoms with Gasteiger partial charge in [-0.05, 0) is 102 Å². The van der Waals surface area contributed by atoms with E-state index in [1.54, 1.807) is 0 Å². The van der Waals surface area contributed by atoms with E-state index in [4.69, 9.17) is 11.6 Å². The lowest BCUT2D eigenvalue weighted by Gasteiger charge is -2.23. The van der Waals surface area contributed by atoms with Crippen molar-refractivity contribution >= 4 is 27.5 Å². The van der Waals surface area contributed by atoms with Crippen molar-refractivity contribution in [2.75, 3.05) is 0 Å². The average Bonchev–Trinajstić information content (AvgIpc) is 2.46. The van der Waals surface area contributed by atoms with Gasteiger partial charge in [0, 0.05) is 4.47 Å². The van der Waals surface area contributed by atoms with Crippen molar-refractivity contribution in [2.45, 2.75) is 40.7 Å². The Bertz CT molecular complexity index is 678. The van der Waals surface area contributed by atoms with Gasteiger partial charge in [0.2, 0.25) is 0 Å². The minimum Gasteiger partial charge on any atom is -0.384 e. The molecule has 0 aliphatic heterocycles. The van der Waals surface area contributed by atoms with Gasteiger partial charge in [0.1, 0.15) is 6.10 Å². The fourth-order valence-electron chi connectivity index (χ4n) is 2.79.